The summed E-state index contributed by atoms with van der Waals surface area (Å²) in [6, 6.07) is 0. The number of rotatable bonds is 3. The van der Waals surface area contributed by atoms with Crippen LogP contribution in [0.1, 0.15) is 0 Å². The molecule has 0 aromatic rings. The fourth-order valence-corrected chi connectivity index (χ4v) is 0.305. The molecule has 1 N–H and O–H groups in total. The minimum Gasteiger partial charge on any atom is -0.462 e. The average molecular weight is 431 g/mol. The summed E-state index contributed by atoms with van der Waals surface area (Å²) in [6.07, 6.45) is -0.917. The van der Waals surface area contributed by atoms with E-state index in [0.717, 1.165) is 0 Å². The molecule has 0 fully saturated rings. The fraction of sp³-hybridized carbons (Fsp3) is 0.333. The number of aliphatic hydroxyl groups is 1. The van der Waals surface area contributed by atoms with E-state index in [4.69, 9.17) is 16.7 Å². The summed E-state index contributed by atoms with van der Waals surface area (Å²) < 4.78 is 4.38. The standard InChI is InChI=1S/C6H8ClO3.Rf/c1-4(8)3-10-6(9)5(2)7;/h4,8H,1-3H2;/q-1;. The van der Waals surface area contributed by atoms with E-state index in [1.165, 1.54) is 0 Å². The van der Waals surface area contributed by atoms with E-state index in [-0.39, 0.29) is 11.6 Å². The molecular formula is C6H8ClO3Rf-. The summed E-state index contributed by atoms with van der Waals surface area (Å²) >= 11 is 5.14. The third-order valence-corrected chi connectivity index (χ3v) is 0.783. The summed E-state index contributed by atoms with van der Waals surface area (Å²) in [4.78, 5) is 10.5. The first-order valence-corrected chi connectivity index (χ1v) is 2.94. The minimum absolute atomic E-state index is 0. The predicted octanol–water partition coefficient (Wildman–Crippen LogP) is 0.477. The van der Waals surface area contributed by atoms with Crippen LogP contribution in [0.2, 0.25) is 0 Å². The van der Waals surface area contributed by atoms with Gasteiger partial charge in [0.2, 0.25) is 0 Å². The molecule has 1 atom stereocenters. The third-order valence-electron chi connectivity index (χ3n) is 0.628. The maximum Gasteiger partial charge on any atom is 0.349 e. The number of hydrogen-bond donors (Lipinski definition) is 1. The van der Waals surface area contributed by atoms with Crippen LogP contribution < -0.4 is 0 Å². The number of esters is 1. The van der Waals surface area contributed by atoms with Crippen LogP contribution in [-0.4, -0.2) is 23.8 Å². The van der Waals surface area contributed by atoms with Crippen LogP contribution in [0.4, 0.5) is 0 Å². The summed E-state index contributed by atoms with van der Waals surface area (Å²) in [6.45, 7) is 6.14. The quantitative estimate of drug-likeness (QED) is 0.403. The molecule has 3 nitrogen and oxygen atoms in total. The van der Waals surface area contributed by atoms with Crippen molar-refractivity contribution in [3.05, 3.63) is 18.5 Å². The van der Waals surface area contributed by atoms with Crippen molar-refractivity contribution in [2.24, 2.45) is 0 Å². The van der Waals surface area contributed by atoms with Crippen molar-refractivity contribution < 1.29 is 14.6 Å². The van der Waals surface area contributed by atoms with Gasteiger partial charge in [-0.3, -0.25) is 0 Å². The van der Waals surface area contributed by atoms with Gasteiger partial charge in [0.1, 0.15) is 5.03 Å². The van der Waals surface area contributed by atoms with Crippen LogP contribution in [0.5, 0.6) is 0 Å². The van der Waals surface area contributed by atoms with Gasteiger partial charge in [0, 0.05) is 0 Å². The predicted molar refractivity (Wildman–Crippen MR) is 37.3 cm³/mol. The molecule has 0 aromatic heterocycles. The first-order chi connectivity index (χ1) is 4.54. The third kappa shape index (κ3) is 6.34. The van der Waals surface area contributed by atoms with E-state index < -0.39 is 12.1 Å². The van der Waals surface area contributed by atoms with Crippen molar-refractivity contribution in [2.45, 2.75) is 6.10 Å². The van der Waals surface area contributed by atoms with Gasteiger partial charge in [-0.05, 0) is 6.10 Å². The van der Waals surface area contributed by atoms with Crippen LogP contribution in [0, 0.1) is 6.92 Å². The smallest absolute Gasteiger partial charge is 0.349 e. The molecule has 0 spiro atoms. The molecule has 0 aromatic carbocycles. The fourth-order valence-electron chi connectivity index (χ4n) is 0.250. The number of ether oxygens (including phenoxy) is 1. The zero-order valence-electron chi connectivity index (χ0n) is 6.05. The van der Waals surface area contributed by atoms with E-state index in [9.17, 15) is 4.79 Å². The molecule has 0 aliphatic rings. The van der Waals surface area contributed by atoms with E-state index >= 15 is 0 Å². The molecule has 0 radical (unpaired) electrons. The summed E-state index contributed by atoms with van der Waals surface area (Å²) in [5.41, 5.74) is 0. The molecule has 1 unspecified atom stereocenters. The molecule has 11 heavy (non-hydrogen) atoms. The van der Waals surface area contributed by atoms with E-state index in [1.54, 1.807) is 0 Å². The molecule has 0 saturated heterocycles. The Labute approximate surface area is 64.2 Å². The Balaban J connectivity index is 0. The second kappa shape index (κ2) is 5.26. The van der Waals surface area contributed by atoms with E-state index in [0.29, 0.717) is 0 Å². The van der Waals surface area contributed by atoms with Crippen molar-refractivity contribution in [1.82, 2.24) is 0 Å². The van der Waals surface area contributed by atoms with Crippen LogP contribution in [-0.2, 0) is 9.53 Å². The monoisotopic (exact) mass is 430 g/mol. The Morgan fingerprint density at radius 2 is 2.27 bits per heavy atom. The Hall–Kier alpha value is -1.54. The molecule has 0 saturated carbocycles. The number of carbonyl (C=O) groups excluding carboxylic acids is 1. The molecule has 0 aliphatic heterocycles. The van der Waals surface area contributed by atoms with Gasteiger partial charge in [-0.15, -0.1) is 0 Å². The summed E-state index contributed by atoms with van der Waals surface area (Å²) in [7, 11) is 0. The number of hydrogen-bond acceptors (Lipinski definition) is 3. The molecule has 5 heteroatoms. The van der Waals surface area contributed by atoms with Crippen molar-refractivity contribution in [3.63, 3.8) is 0 Å². The van der Waals surface area contributed by atoms with Gasteiger partial charge in [0.15, 0.2) is 0 Å². The second-order valence-electron chi connectivity index (χ2n) is 1.66. The molecular weight excluding hydrogens is 423 g/mol. The Morgan fingerprint density at radius 3 is 2.55 bits per heavy atom. The van der Waals surface area contributed by atoms with Crippen LogP contribution >= 0.6 is 11.6 Å². The largest absolute Gasteiger partial charge is 0.462 e. The van der Waals surface area contributed by atoms with Gasteiger partial charge in [-0.25, -0.2) is 4.79 Å². The molecule has 0 heterocycles. The SMILES string of the molecule is C=C(Cl)C(=O)OCC([CH2-])O.[Rf]. The number of carbonyl (C=O) groups is 1. The molecule has 0 amide bonds. The molecule has 0 rings (SSSR count). The molecule has 0 bridgehead atoms. The zero-order valence-corrected chi connectivity index (χ0v) is 13.2. The van der Waals surface area contributed by atoms with Gasteiger partial charge in [-0.1, -0.05) is 18.2 Å². The molecule has 0 aliphatic carbocycles. The van der Waals surface area contributed by atoms with Gasteiger partial charge < -0.3 is 16.8 Å². The van der Waals surface area contributed by atoms with Crippen LogP contribution in [0.25, 0.3) is 0 Å². The summed E-state index contributed by atoms with van der Waals surface area (Å²) in [5.74, 6) is -0.732. The Morgan fingerprint density at radius 1 is 1.82 bits per heavy atom. The maximum absolute atomic E-state index is 10.5. The van der Waals surface area contributed by atoms with Crippen LogP contribution in [0.3, 0.4) is 0 Å². The van der Waals surface area contributed by atoms with Crippen molar-refractivity contribution in [3.8, 4) is 0 Å². The zero-order chi connectivity index (χ0) is 8.15. The van der Waals surface area contributed by atoms with Gasteiger partial charge >= 0.3 is 5.97 Å². The van der Waals surface area contributed by atoms with Crippen molar-refractivity contribution in [1.29, 1.82) is 0 Å². The van der Waals surface area contributed by atoms with Crippen LogP contribution in [0.15, 0.2) is 11.6 Å². The van der Waals surface area contributed by atoms with Crippen molar-refractivity contribution >= 4 is 17.6 Å². The van der Waals surface area contributed by atoms with Gasteiger partial charge in [0.05, 0.1) is 6.61 Å². The Kier molecular flexibility index (Phi) is 5.82. The number of halogens is 1. The van der Waals surface area contributed by atoms with E-state index in [1.807, 2.05) is 0 Å². The maximum atomic E-state index is 10.5. The van der Waals surface area contributed by atoms with Gasteiger partial charge in [0.25, 0.3) is 0 Å². The number of aliphatic hydroxyl groups excluding tert-OH is 1. The first kappa shape index (κ1) is 12.2. The van der Waals surface area contributed by atoms with E-state index in [2.05, 4.69) is 18.2 Å². The van der Waals surface area contributed by atoms with Crippen molar-refractivity contribution in [2.75, 3.05) is 6.61 Å². The normalized spacial score (nSPS) is 11.2. The average Bonchev–Trinajstić information content (AvgIpc) is 1.82. The Bertz CT molecular complexity index is 147. The topological polar surface area (TPSA) is 46.5 Å². The minimum atomic E-state index is -0.917. The first-order valence-electron chi connectivity index (χ1n) is 2.56. The second-order valence-corrected chi connectivity index (χ2v) is 2.11. The molecule has 60 valence electrons. The summed E-state index contributed by atoms with van der Waals surface area (Å²) in [5, 5.41) is 8.31. The van der Waals surface area contributed by atoms with Gasteiger partial charge in [-0.2, -0.15) is 0 Å².